The molecule has 0 saturated carbocycles. The Hall–Kier alpha value is -1.03. The number of hydrogen-bond acceptors (Lipinski definition) is 2. The number of benzene rings is 1. The van der Waals surface area contributed by atoms with E-state index in [1.54, 1.807) is 0 Å². The summed E-state index contributed by atoms with van der Waals surface area (Å²) in [7, 11) is 0. The molecule has 4 heteroatoms. The minimum absolute atomic E-state index is 0.586. The molecule has 1 aromatic carbocycles. The Bertz CT molecular complexity index is 522. The number of para-hydroxylation sites is 1. The van der Waals surface area contributed by atoms with Crippen molar-refractivity contribution in [1.82, 2.24) is 10.3 Å². The fourth-order valence-electron chi connectivity index (χ4n) is 1.96. The maximum Gasteiger partial charge on any atom is 0.0705 e. The Kier molecular flexibility index (Phi) is 5.25. The Balaban J connectivity index is 1.80. The number of aromatic amines is 1. The van der Waals surface area contributed by atoms with E-state index in [-0.39, 0.29) is 0 Å². The van der Waals surface area contributed by atoms with E-state index < -0.39 is 0 Å². The molecule has 1 aromatic heterocycles. The first-order valence-electron chi connectivity index (χ1n) is 6.72. The molecule has 2 aromatic rings. The Labute approximate surface area is 119 Å². The molecular weight excluding hydrogens is 260 g/mol. The molecule has 19 heavy (non-hydrogen) atoms. The van der Waals surface area contributed by atoms with Crippen molar-refractivity contribution < 1.29 is 4.74 Å². The molecule has 0 amide bonds. The Morgan fingerprint density at radius 1 is 1.32 bits per heavy atom. The Morgan fingerprint density at radius 3 is 2.84 bits per heavy atom. The van der Waals surface area contributed by atoms with Crippen LogP contribution in [0.4, 0.5) is 0 Å². The third-order valence-corrected chi connectivity index (χ3v) is 3.32. The van der Waals surface area contributed by atoms with Crippen molar-refractivity contribution in [2.24, 2.45) is 5.92 Å². The van der Waals surface area contributed by atoms with E-state index in [1.807, 2.05) is 24.3 Å². The number of nitrogens with one attached hydrogen (secondary N) is 2. The van der Waals surface area contributed by atoms with E-state index in [9.17, 15) is 0 Å². The highest BCUT2D eigenvalue weighted by atomic mass is 35.5. The maximum absolute atomic E-state index is 6.34. The van der Waals surface area contributed by atoms with E-state index in [2.05, 4.69) is 24.1 Å². The zero-order valence-corrected chi connectivity index (χ0v) is 12.3. The third-order valence-electron chi connectivity index (χ3n) is 2.89. The smallest absolute Gasteiger partial charge is 0.0705 e. The van der Waals surface area contributed by atoms with Gasteiger partial charge in [-0.2, -0.15) is 0 Å². The van der Waals surface area contributed by atoms with Crippen LogP contribution in [0, 0.1) is 5.92 Å². The summed E-state index contributed by atoms with van der Waals surface area (Å²) in [5.74, 6) is 0.586. The van der Waals surface area contributed by atoms with Crippen LogP contribution >= 0.6 is 11.6 Å². The number of halogens is 1. The second kappa shape index (κ2) is 6.94. The van der Waals surface area contributed by atoms with Gasteiger partial charge in [-0.3, -0.25) is 0 Å². The third kappa shape index (κ3) is 3.96. The van der Waals surface area contributed by atoms with E-state index >= 15 is 0 Å². The van der Waals surface area contributed by atoms with Gasteiger partial charge < -0.3 is 15.0 Å². The summed E-state index contributed by atoms with van der Waals surface area (Å²) in [6.45, 7) is 7.41. The Morgan fingerprint density at radius 2 is 2.11 bits per heavy atom. The number of aromatic nitrogens is 1. The first kappa shape index (κ1) is 14.4. The van der Waals surface area contributed by atoms with Crippen molar-refractivity contribution in [3.63, 3.8) is 0 Å². The molecule has 0 radical (unpaired) electrons. The van der Waals surface area contributed by atoms with Crippen LogP contribution in [0.1, 0.15) is 19.5 Å². The van der Waals surface area contributed by atoms with Gasteiger partial charge in [0.15, 0.2) is 0 Å². The first-order chi connectivity index (χ1) is 9.18. The molecule has 0 fully saturated rings. The van der Waals surface area contributed by atoms with Crippen LogP contribution in [0.15, 0.2) is 24.3 Å². The lowest BCUT2D eigenvalue weighted by Gasteiger charge is -2.07. The molecule has 0 aliphatic rings. The topological polar surface area (TPSA) is 37.0 Å². The second-order valence-electron chi connectivity index (χ2n) is 5.11. The fraction of sp³-hybridized carbons (Fsp3) is 0.467. The van der Waals surface area contributed by atoms with Crippen molar-refractivity contribution in [2.45, 2.75) is 20.4 Å². The van der Waals surface area contributed by atoms with Gasteiger partial charge in [0.2, 0.25) is 0 Å². The molecule has 0 unspecified atom stereocenters. The number of H-pyrrole nitrogens is 1. The molecule has 0 bridgehead atoms. The van der Waals surface area contributed by atoms with Crippen LogP contribution in [-0.2, 0) is 11.3 Å². The highest BCUT2D eigenvalue weighted by Crippen LogP contribution is 2.26. The van der Waals surface area contributed by atoms with Gasteiger partial charge in [-0.15, -0.1) is 0 Å². The van der Waals surface area contributed by atoms with Crippen molar-refractivity contribution in [3.8, 4) is 0 Å². The summed E-state index contributed by atoms with van der Waals surface area (Å²) in [5.41, 5.74) is 2.12. The zero-order valence-electron chi connectivity index (χ0n) is 11.5. The van der Waals surface area contributed by atoms with Crippen molar-refractivity contribution in [3.05, 3.63) is 35.0 Å². The molecule has 3 nitrogen and oxygen atoms in total. The highest BCUT2D eigenvalue weighted by Gasteiger charge is 2.07. The van der Waals surface area contributed by atoms with E-state index in [1.165, 1.54) is 0 Å². The van der Waals surface area contributed by atoms with Crippen LogP contribution < -0.4 is 5.32 Å². The first-order valence-corrected chi connectivity index (χ1v) is 7.10. The van der Waals surface area contributed by atoms with Crippen LogP contribution in [0.25, 0.3) is 10.9 Å². The lowest BCUT2D eigenvalue weighted by molar-refractivity contribution is 0.111. The quantitative estimate of drug-likeness (QED) is 0.761. The summed E-state index contributed by atoms with van der Waals surface area (Å²) in [6.07, 6.45) is 0. The largest absolute Gasteiger partial charge is 0.380 e. The summed E-state index contributed by atoms with van der Waals surface area (Å²) in [6, 6.07) is 8.07. The van der Waals surface area contributed by atoms with Crippen molar-refractivity contribution >= 4 is 22.5 Å². The standard InChI is InChI=1S/C15H21ClN2O/c1-11(2)10-19-8-7-17-9-14-15(16)12-5-3-4-6-13(12)18-14/h3-6,11,17-18H,7-10H2,1-2H3. The molecule has 0 aliphatic heterocycles. The average molecular weight is 281 g/mol. The van der Waals surface area contributed by atoms with E-state index in [0.717, 1.165) is 47.9 Å². The maximum atomic E-state index is 6.34. The normalized spacial score (nSPS) is 11.6. The summed E-state index contributed by atoms with van der Waals surface area (Å²) in [4.78, 5) is 3.34. The number of ether oxygens (including phenoxy) is 1. The van der Waals surface area contributed by atoms with Gasteiger partial charge in [0.1, 0.15) is 0 Å². The molecule has 0 spiro atoms. The van der Waals surface area contributed by atoms with Crippen molar-refractivity contribution in [2.75, 3.05) is 19.8 Å². The van der Waals surface area contributed by atoms with Gasteiger partial charge in [0, 0.05) is 36.3 Å². The lowest BCUT2D eigenvalue weighted by atomic mass is 10.2. The summed E-state index contributed by atoms with van der Waals surface area (Å²) < 4.78 is 5.52. The minimum Gasteiger partial charge on any atom is -0.380 e. The number of fused-ring (bicyclic) bond motifs is 1. The summed E-state index contributed by atoms with van der Waals surface area (Å²) >= 11 is 6.34. The predicted molar refractivity (Wildman–Crippen MR) is 80.7 cm³/mol. The molecule has 1 heterocycles. The molecular formula is C15H21ClN2O. The summed E-state index contributed by atoms with van der Waals surface area (Å²) in [5, 5.41) is 5.23. The zero-order chi connectivity index (χ0) is 13.7. The highest BCUT2D eigenvalue weighted by molar-refractivity contribution is 6.36. The molecule has 104 valence electrons. The van der Waals surface area contributed by atoms with Crippen LogP contribution in [0.3, 0.4) is 0 Å². The predicted octanol–water partition coefficient (Wildman–Crippen LogP) is 3.58. The van der Waals surface area contributed by atoms with E-state index in [0.29, 0.717) is 5.92 Å². The molecule has 0 atom stereocenters. The van der Waals surface area contributed by atoms with E-state index in [4.69, 9.17) is 16.3 Å². The SMILES string of the molecule is CC(C)COCCNCc1[nH]c2ccccc2c1Cl. The van der Waals surface area contributed by atoms with Gasteiger partial charge in [-0.1, -0.05) is 43.6 Å². The number of rotatable bonds is 7. The van der Waals surface area contributed by atoms with Gasteiger partial charge in [-0.25, -0.2) is 0 Å². The van der Waals surface area contributed by atoms with Gasteiger partial charge in [0.05, 0.1) is 11.6 Å². The molecule has 0 aliphatic carbocycles. The van der Waals surface area contributed by atoms with Crippen LogP contribution in [0.5, 0.6) is 0 Å². The van der Waals surface area contributed by atoms with Gasteiger partial charge in [0.25, 0.3) is 0 Å². The monoisotopic (exact) mass is 280 g/mol. The lowest BCUT2D eigenvalue weighted by Crippen LogP contribution is -2.20. The fourth-order valence-corrected chi connectivity index (χ4v) is 2.24. The molecule has 2 N–H and O–H groups in total. The average Bonchev–Trinajstić information content (AvgIpc) is 2.71. The van der Waals surface area contributed by atoms with Crippen LogP contribution in [0.2, 0.25) is 5.02 Å². The number of hydrogen-bond donors (Lipinski definition) is 2. The molecule has 2 rings (SSSR count). The molecule has 0 saturated heterocycles. The minimum atomic E-state index is 0.586. The van der Waals surface area contributed by atoms with Crippen molar-refractivity contribution in [1.29, 1.82) is 0 Å². The van der Waals surface area contributed by atoms with Crippen LogP contribution in [-0.4, -0.2) is 24.7 Å². The van der Waals surface area contributed by atoms with Gasteiger partial charge >= 0.3 is 0 Å². The second-order valence-corrected chi connectivity index (χ2v) is 5.49. The van der Waals surface area contributed by atoms with Gasteiger partial charge in [-0.05, 0) is 12.0 Å².